The van der Waals surface area contributed by atoms with Gasteiger partial charge in [0.05, 0.1) is 0 Å². The van der Waals surface area contributed by atoms with Gasteiger partial charge in [0.2, 0.25) is 0 Å². The molecule has 0 spiro atoms. The number of alkyl halides is 3. The van der Waals surface area contributed by atoms with E-state index in [0.29, 0.717) is 6.07 Å². The van der Waals surface area contributed by atoms with E-state index in [2.05, 4.69) is 9.97 Å². The largest absolute Gasteiger partial charge is 0.433 e. The maximum absolute atomic E-state index is 11.8. The first-order valence-corrected chi connectivity index (χ1v) is 3.65. The number of nitrogen functional groups attached to an aromatic ring is 1. The molecular formula is C7H10F3N3. The molecule has 1 aromatic heterocycles. The van der Waals surface area contributed by atoms with Gasteiger partial charge in [0, 0.05) is 6.07 Å². The number of anilines is 1. The summed E-state index contributed by atoms with van der Waals surface area (Å²) in [6.45, 7) is 4.00. The SMILES string of the molecule is CC.Nc1cc(C(F)(F)F)ncn1. The summed E-state index contributed by atoms with van der Waals surface area (Å²) in [7, 11) is 0. The number of nitrogens with zero attached hydrogens (tertiary/aromatic N) is 2. The van der Waals surface area contributed by atoms with Gasteiger partial charge in [-0.05, 0) is 0 Å². The lowest BCUT2D eigenvalue weighted by molar-refractivity contribution is -0.141. The van der Waals surface area contributed by atoms with Gasteiger partial charge in [-0.3, -0.25) is 0 Å². The Balaban J connectivity index is 0.000000671. The van der Waals surface area contributed by atoms with Crippen LogP contribution in [-0.2, 0) is 6.18 Å². The number of hydrogen-bond donors (Lipinski definition) is 1. The van der Waals surface area contributed by atoms with Crippen LogP contribution in [0.5, 0.6) is 0 Å². The molecule has 0 saturated carbocycles. The van der Waals surface area contributed by atoms with Crippen molar-refractivity contribution in [3.8, 4) is 0 Å². The number of nitrogens with two attached hydrogens (primary N) is 1. The van der Waals surface area contributed by atoms with Gasteiger partial charge in [0.1, 0.15) is 17.8 Å². The number of halogens is 3. The summed E-state index contributed by atoms with van der Waals surface area (Å²) in [5.41, 5.74) is 3.98. The van der Waals surface area contributed by atoms with Crippen molar-refractivity contribution in [2.75, 3.05) is 5.73 Å². The highest BCUT2D eigenvalue weighted by Gasteiger charge is 2.32. The van der Waals surface area contributed by atoms with Crippen molar-refractivity contribution in [3.63, 3.8) is 0 Å². The van der Waals surface area contributed by atoms with Gasteiger partial charge in [0.15, 0.2) is 0 Å². The topological polar surface area (TPSA) is 51.8 Å². The standard InChI is InChI=1S/C5H4F3N3.C2H6/c6-5(7,8)3-1-4(9)11-2-10-3;1-2/h1-2H,(H2,9,10,11);1-2H3. The molecule has 0 amide bonds. The molecule has 3 nitrogen and oxygen atoms in total. The van der Waals surface area contributed by atoms with Gasteiger partial charge in [-0.25, -0.2) is 9.97 Å². The fourth-order valence-corrected chi connectivity index (χ4v) is 0.527. The minimum Gasteiger partial charge on any atom is -0.384 e. The van der Waals surface area contributed by atoms with Crippen LogP contribution >= 0.6 is 0 Å². The minimum absolute atomic E-state index is 0.188. The number of rotatable bonds is 0. The third-order valence-corrected chi connectivity index (χ3v) is 0.979. The summed E-state index contributed by atoms with van der Waals surface area (Å²) >= 11 is 0. The lowest BCUT2D eigenvalue weighted by Gasteiger charge is -2.03. The third-order valence-electron chi connectivity index (χ3n) is 0.979. The summed E-state index contributed by atoms with van der Waals surface area (Å²) in [6.07, 6.45) is -3.67. The van der Waals surface area contributed by atoms with Crippen molar-refractivity contribution in [1.82, 2.24) is 9.97 Å². The highest BCUT2D eigenvalue weighted by Crippen LogP contribution is 2.27. The number of hydrogen-bond acceptors (Lipinski definition) is 3. The zero-order valence-corrected chi connectivity index (χ0v) is 7.26. The predicted octanol–water partition coefficient (Wildman–Crippen LogP) is 2.10. The van der Waals surface area contributed by atoms with Crippen LogP contribution in [-0.4, -0.2) is 9.97 Å². The van der Waals surface area contributed by atoms with E-state index in [4.69, 9.17) is 5.73 Å². The molecule has 0 saturated heterocycles. The average Bonchev–Trinajstić information content (AvgIpc) is 2.06. The molecule has 2 N–H and O–H groups in total. The normalized spacial score (nSPS) is 10.2. The molecule has 0 atom stereocenters. The fourth-order valence-electron chi connectivity index (χ4n) is 0.527. The molecule has 0 aliphatic heterocycles. The van der Waals surface area contributed by atoms with Crippen molar-refractivity contribution < 1.29 is 13.2 Å². The Morgan fingerprint density at radius 3 is 2.08 bits per heavy atom. The van der Waals surface area contributed by atoms with E-state index >= 15 is 0 Å². The summed E-state index contributed by atoms with van der Waals surface area (Å²) < 4.78 is 35.5. The van der Waals surface area contributed by atoms with Crippen molar-refractivity contribution in [2.24, 2.45) is 0 Å². The molecule has 0 bridgehead atoms. The zero-order chi connectivity index (χ0) is 10.5. The number of aromatic nitrogens is 2. The van der Waals surface area contributed by atoms with Crippen LogP contribution in [0.1, 0.15) is 19.5 Å². The Hall–Kier alpha value is -1.33. The van der Waals surface area contributed by atoms with E-state index in [-0.39, 0.29) is 5.82 Å². The quantitative estimate of drug-likeness (QED) is 0.686. The molecule has 0 aliphatic carbocycles. The van der Waals surface area contributed by atoms with Crippen LogP contribution in [0.25, 0.3) is 0 Å². The lowest BCUT2D eigenvalue weighted by Crippen LogP contribution is -2.08. The average molecular weight is 193 g/mol. The second-order valence-electron chi connectivity index (χ2n) is 1.83. The molecule has 0 aromatic carbocycles. The van der Waals surface area contributed by atoms with Gasteiger partial charge in [-0.1, -0.05) is 13.8 Å². The van der Waals surface area contributed by atoms with Gasteiger partial charge >= 0.3 is 6.18 Å². The first-order valence-electron chi connectivity index (χ1n) is 3.65. The van der Waals surface area contributed by atoms with E-state index in [1.807, 2.05) is 13.8 Å². The predicted molar refractivity (Wildman–Crippen MR) is 42.8 cm³/mol. The smallest absolute Gasteiger partial charge is 0.384 e. The van der Waals surface area contributed by atoms with Crippen LogP contribution in [0.3, 0.4) is 0 Å². The van der Waals surface area contributed by atoms with E-state index in [0.717, 1.165) is 6.33 Å². The molecule has 0 unspecified atom stereocenters. The second-order valence-corrected chi connectivity index (χ2v) is 1.83. The van der Waals surface area contributed by atoms with Crippen LogP contribution < -0.4 is 5.73 Å². The van der Waals surface area contributed by atoms with Gasteiger partial charge in [-0.15, -0.1) is 0 Å². The summed E-state index contributed by atoms with van der Waals surface area (Å²) in [5.74, 6) is -0.188. The second kappa shape index (κ2) is 4.64. The molecule has 1 heterocycles. The molecule has 6 heteroatoms. The van der Waals surface area contributed by atoms with Crippen molar-refractivity contribution in [1.29, 1.82) is 0 Å². The van der Waals surface area contributed by atoms with Crippen LogP contribution in [0.4, 0.5) is 19.0 Å². The van der Waals surface area contributed by atoms with Gasteiger partial charge in [0.25, 0.3) is 0 Å². The lowest BCUT2D eigenvalue weighted by atomic mass is 10.4. The first kappa shape index (κ1) is 11.7. The summed E-state index contributed by atoms with van der Waals surface area (Å²) in [6, 6.07) is 0.681. The van der Waals surface area contributed by atoms with Crippen LogP contribution in [0.15, 0.2) is 12.4 Å². The Kier molecular flexibility index (Phi) is 4.16. The van der Waals surface area contributed by atoms with E-state index in [9.17, 15) is 13.2 Å². The highest BCUT2D eigenvalue weighted by molar-refractivity contribution is 5.28. The van der Waals surface area contributed by atoms with Crippen molar-refractivity contribution in [3.05, 3.63) is 18.1 Å². The monoisotopic (exact) mass is 193 g/mol. The van der Waals surface area contributed by atoms with E-state index < -0.39 is 11.9 Å². The fraction of sp³-hybridized carbons (Fsp3) is 0.429. The zero-order valence-electron chi connectivity index (χ0n) is 7.26. The Labute approximate surface area is 73.8 Å². The summed E-state index contributed by atoms with van der Waals surface area (Å²) in [5, 5.41) is 0. The molecule has 0 fully saturated rings. The maximum Gasteiger partial charge on any atom is 0.433 e. The molecule has 1 aromatic rings. The van der Waals surface area contributed by atoms with E-state index in [1.165, 1.54) is 0 Å². The van der Waals surface area contributed by atoms with E-state index in [1.54, 1.807) is 0 Å². The molecule has 0 radical (unpaired) electrons. The minimum atomic E-state index is -4.45. The third kappa shape index (κ3) is 3.73. The van der Waals surface area contributed by atoms with Gasteiger partial charge < -0.3 is 5.73 Å². The Morgan fingerprint density at radius 2 is 1.77 bits per heavy atom. The molecule has 0 aliphatic rings. The molecule has 74 valence electrons. The highest BCUT2D eigenvalue weighted by atomic mass is 19.4. The first-order chi connectivity index (χ1) is 6.00. The van der Waals surface area contributed by atoms with Gasteiger partial charge in [-0.2, -0.15) is 13.2 Å². The Morgan fingerprint density at radius 1 is 1.23 bits per heavy atom. The maximum atomic E-state index is 11.8. The van der Waals surface area contributed by atoms with Crippen LogP contribution in [0, 0.1) is 0 Å². The molecular weight excluding hydrogens is 183 g/mol. The van der Waals surface area contributed by atoms with Crippen molar-refractivity contribution in [2.45, 2.75) is 20.0 Å². The molecule has 1 rings (SSSR count). The van der Waals surface area contributed by atoms with Crippen molar-refractivity contribution >= 4 is 5.82 Å². The summed E-state index contributed by atoms with van der Waals surface area (Å²) in [4.78, 5) is 6.31. The van der Waals surface area contributed by atoms with Crippen LogP contribution in [0.2, 0.25) is 0 Å². The Bertz CT molecular complexity index is 259. The molecule has 13 heavy (non-hydrogen) atoms.